The van der Waals surface area contributed by atoms with Crippen molar-refractivity contribution < 1.29 is 4.79 Å². The summed E-state index contributed by atoms with van der Waals surface area (Å²) < 4.78 is 0. The van der Waals surface area contributed by atoms with Crippen LogP contribution in [0.1, 0.15) is 41.2 Å². The zero-order valence-corrected chi connectivity index (χ0v) is 16.6. The lowest BCUT2D eigenvalue weighted by atomic mass is 10.0. The van der Waals surface area contributed by atoms with Gasteiger partial charge in [0, 0.05) is 24.5 Å². The van der Waals surface area contributed by atoms with E-state index < -0.39 is 0 Å². The average Bonchev–Trinajstić information content (AvgIpc) is 2.80. The van der Waals surface area contributed by atoms with E-state index in [2.05, 4.69) is 27.3 Å². The maximum Gasteiger partial charge on any atom is 0.251 e. The molecule has 4 rings (SSSR count). The Balaban J connectivity index is 1.48. The van der Waals surface area contributed by atoms with Gasteiger partial charge in [0.05, 0.1) is 6.04 Å². The van der Waals surface area contributed by atoms with Crippen LogP contribution in [0.3, 0.4) is 0 Å². The SMILES string of the molecule is O=C(NC(CN1CCCCC1)c1ccccc1)c1ccc(-c2ccncc2)cc1. The summed E-state index contributed by atoms with van der Waals surface area (Å²) in [6.07, 6.45) is 7.35. The van der Waals surface area contributed by atoms with Gasteiger partial charge in [0.25, 0.3) is 5.91 Å². The lowest BCUT2D eigenvalue weighted by Crippen LogP contribution is -2.40. The molecule has 4 nitrogen and oxygen atoms in total. The number of carbonyl (C=O) groups excluding carboxylic acids is 1. The average molecular weight is 386 g/mol. The van der Waals surface area contributed by atoms with Crippen LogP contribution in [0.15, 0.2) is 79.1 Å². The summed E-state index contributed by atoms with van der Waals surface area (Å²) >= 11 is 0. The first kappa shape index (κ1) is 19.3. The highest BCUT2D eigenvalue weighted by molar-refractivity contribution is 5.95. The molecule has 1 fully saturated rings. The van der Waals surface area contributed by atoms with E-state index in [1.165, 1.54) is 19.3 Å². The minimum atomic E-state index is -0.0304. The number of piperidine rings is 1. The molecule has 1 aliphatic heterocycles. The summed E-state index contributed by atoms with van der Waals surface area (Å²) in [6.45, 7) is 3.07. The first-order chi connectivity index (χ1) is 14.3. The molecule has 3 aromatic rings. The largest absolute Gasteiger partial charge is 0.344 e. The van der Waals surface area contributed by atoms with Crippen molar-refractivity contribution in [2.45, 2.75) is 25.3 Å². The Hall–Kier alpha value is -2.98. The minimum Gasteiger partial charge on any atom is -0.344 e. The molecule has 0 saturated carbocycles. The summed E-state index contributed by atoms with van der Waals surface area (Å²) in [7, 11) is 0. The van der Waals surface area contributed by atoms with Crippen LogP contribution in [0.25, 0.3) is 11.1 Å². The number of likely N-dealkylation sites (tertiary alicyclic amines) is 1. The smallest absolute Gasteiger partial charge is 0.251 e. The topological polar surface area (TPSA) is 45.2 Å². The molecular weight excluding hydrogens is 358 g/mol. The Kier molecular flexibility index (Phi) is 6.32. The predicted molar refractivity (Wildman–Crippen MR) is 117 cm³/mol. The number of nitrogens with one attached hydrogen (secondary N) is 1. The normalized spacial score (nSPS) is 15.6. The van der Waals surface area contributed by atoms with Crippen LogP contribution in [0.2, 0.25) is 0 Å². The van der Waals surface area contributed by atoms with Crippen LogP contribution in [0, 0.1) is 0 Å². The molecule has 0 radical (unpaired) electrons. The van der Waals surface area contributed by atoms with Crippen molar-refractivity contribution in [2.75, 3.05) is 19.6 Å². The van der Waals surface area contributed by atoms with Gasteiger partial charge in [-0.05, 0) is 66.9 Å². The fourth-order valence-electron chi connectivity index (χ4n) is 3.92. The summed E-state index contributed by atoms with van der Waals surface area (Å²) in [5.41, 5.74) is 4.01. The maximum absolute atomic E-state index is 13.0. The van der Waals surface area contributed by atoms with Gasteiger partial charge < -0.3 is 10.2 Å². The number of aromatic nitrogens is 1. The van der Waals surface area contributed by atoms with Gasteiger partial charge in [-0.3, -0.25) is 9.78 Å². The first-order valence-corrected chi connectivity index (χ1v) is 10.4. The molecule has 4 heteroatoms. The molecule has 1 amide bonds. The second-order valence-electron chi connectivity index (χ2n) is 7.61. The van der Waals surface area contributed by atoms with E-state index in [-0.39, 0.29) is 11.9 Å². The Morgan fingerprint density at radius 2 is 1.52 bits per heavy atom. The Labute approximate surface area is 172 Å². The summed E-state index contributed by atoms with van der Waals surface area (Å²) in [4.78, 5) is 19.5. The van der Waals surface area contributed by atoms with E-state index in [0.717, 1.165) is 36.3 Å². The zero-order valence-electron chi connectivity index (χ0n) is 16.6. The molecule has 2 heterocycles. The number of rotatable bonds is 6. The third kappa shape index (κ3) is 5.09. The number of hydrogen-bond donors (Lipinski definition) is 1. The van der Waals surface area contributed by atoms with Crippen LogP contribution in [0.5, 0.6) is 0 Å². The van der Waals surface area contributed by atoms with Crippen molar-refractivity contribution >= 4 is 5.91 Å². The van der Waals surface area contributed by atoms with Crippen LogP contribution in [-0.4, -0.2) is 35.4 Å². The Morgan fingerprint density at radius 1 is 0.862 bits per heavy atom. The van der Waals surface area contributed by atoms with E-state index in [1.807, 2.05) is 54.6 Å². The van der Waals surface area contributed by atoms with E-state index >= 15 is 0 Å². The van der Waals surface area contributed by atoms with E-state index in [1.54, 1.807) is 12.4 Å². The van der Waals surface area contributed by atoms with Gasteiger partial charge in [0.1, 0.15) is 0 Å². The lowest BCUT2D eigenvalue weighted by molar-refractivity contribution is 0.0920. The first-order valence-electron chi connectivity index (χ1n) is 10.4. The molecule has 1 aliphatic rings. The molecule has 0 aliphatic carbocycles. The zero-order chi connectivity index (χ0) is 19.9. The fourth-order valence-corrected chi connectivity index (χ4v) is 3.92. The minimum absolute atomic E-state index is 0.0123. The van der Waals surface area contributed by atoms with Gasteiger partial charge >= 0.3 is 0 Å². The molecule has 0 bridgehead atoms. The Bertz CT molecular complexity index is 904. The quantitative estimate of drug-likeness (QED) is 0.669. The van der Waals surface area contributed by atoms with E-state index in [4.69, 9.17) is 0 Å². The maximum atomic E-state index is 13.0. The van der Waals surface area contributed by atoms with Crippen molar-refractivity contribution in [3.63, 3.8) is 0 Å². The fraction of sp³-hybridized carbons (Fsp3) is 0.280. The van der Waals surface area contributed by atoms with Crippen molar-refractivity contribution in [1.29, 1.82) is 0 Å². The second kappa shape index (κ2) is 9.48. The van der Waals surface area contributed by atoms with Gasteiger partial charge in [-0.15, -0.1) is 0 Å². The number of nitrogens with zero attached hydrogens (tertiary/aromatic N) is 2. The van der Waals surface area contributed by atoms with E-state index in [0.29, 0.717) is 5.56 Å². The van der Waals surface area contributed by atoms with Gasteiger partial charge in [-0.2, -0.15) is 0 Å². The molecule has 2 aromatic carbocycles. The number of pyridine rings is 1. The third-order valence-electron chi connectivity index (χ3n) is 5.56. The molecule has 148 valence electrons. The lowest BCUT2D eigenvalue weighted by Gasteiger charge is -2.31. The molecule has 1 aromatic heterocycles. The van der Waals surface area contributed by atoms with Crippen LogP contribution < -0.4 is 5.32 Å². The van der Waals surface area contributed by atoms with E-state index in [9.17, 15) is 4.79 Å². The summed E-state index contributed by atoms with van der Waals surface area (Å²) in [6, 6.07) is 22.0. The summed E-state index contributed by atoms with van der Waals surface area (Å²) in [5, 5.41) is 3.27. The molecule has 1 N–H and O–H groups in total. The van der Waals surface area contributed by atoms with Gasteiger partial charge in [0.15, 0.2) is 0 Å². The van der Waals surface area contributed by atoms with Gasteiger partial charge in [-0.1, -0.05) is 48.9 Å². The molecule has 29 heavy (non-hydrogen) atoms. The highest BCUT2D eigenvalue weighted by atomic mass is 16.1. The highest BCUT2D eigenvalue weighted by Gasteiger charge is 2.20. The standard InChI is InChI=1S/C25H27N3O/c29-25(23-11-9-20(10-12-23)21-13-15-26-16-14-21)27-24(22-7-3-1-4-8-22)19-28-17-5-2-6-18-28/h1,3-4,7-16,24H,2,5-6,17-19H2,(H,27,29). The molecule has 1 atom stereocenters. The van der Waals surface area contributed by atoms with Crippen LogP contribution in [0.4, 0.5) is 0 Å². The van der Waals surface area contributed by atoms with Gasteiger partial charge in [-0.25, -0.2) is 0 Å². The highest BCUT2D eigenvalue weighted by Crippen LogP contribution is 2.21. The number of hydrogen-bond acceptors (Lipinski definition) is 3. The Morgan fingerprint density at radius 3 is 2.21 bits per heavy atom. The molecule has 1 unspecified atom stereocenters. The number of carbonyl (C=O) groups is 1. The molecule has 0 spiro atoms. The third-order valence-corrected chi connectivity index (χ3v) is 5.56. The molecular formula is C25H27N3O. The van der Waals surface area contributed by atoms with Crippen molar-refractivity contribution in [3.05, 3.63) is 90.3 Å². The van der Waals surface area contributed by atoms with Crippen LogP contribution in [-0.2, 0) is 0 Å². The van der Waals surface area contributed by atoms with Gasteiger partial charge in [0.2, 0.25) is 0 Å². The van der Waals surface area contributed by atoms with Crippen molar-refractivity contribution in [2.24, 2.45) is 0 Å². The second-order valence-corrected chi connectivity index (χ2v) is 7.61. The van der Waals surface area contributed by atoms with Crippen LogP contribution >= 0.6 is 0 Å². The van der Waals surface area contributed by atoms with Crippen molar-refractivity contribution in [1.82, 2.24) is 15.2 Å². The summed E-state index contributed by atoms with van der Waals surface area (Å²) in [5.74, 6) is -0.0304. The molecule has 1 saturated heterocycles. The monoisotopic (exact) mass is 385 g/mol. The predicted octanol–water partition coefficient (Wildman–Crippen LogP) is 4.71. The van der Waals surface area contributed by atoms with Crippen molar-refractivity contribution in [3.8, 4) is 11.1 Å². The number of benzene rings is 2. The number of amides is 1.